The lowest BCUT2D eigenvalue weighted by atomic mass is 10.2. The van der Waals surface area contributed by atoms with E-state index in [-0.39, 0.29) is 5.69 Å². The molecule has 4 nitrogen and oxygen atoms in total. The van der Waals surface area contributed by atoms with Crippen molar-refractivity contribution in [3.8, 4) is 5.69 Å². The molecule has 21 heavy (non-hydrogen) atoms. The predicted molar refractivity (Wildman–Crippen MR) is 85.2 cm³/mol. The molecule has 3 rings (SSSR count). The second kappa shape index (κ2) is 5.89. The first-order valence-electron chi connectivity index (χ1n) is 6.58. The van der Waals surface area contributed by atoms with Crippen molar-refractivity contribution in [3.05, 3.63) is 82.0 Å². The first-order valence-corrected chi connectivity index (χ1v) is 6.95. The van der Waals surface area contributed by atoms with Crippen LogP contribution in [-0.2, 0) is 6.54 Å². The van der Waals surface area contributed by atoms with E-state index < -0.39 is 0 Å². The Balaban J connectivity index is 1.72. The summed E-state index contributed by atoms with van der Waals surface area (Å²) in [6, 6.07) is 15.4. The van der Waals surface area contributed by atoms with Crippen molar-refractivity contribution in [2.45, 2.75) is 6.54 Å². The summed E-state index contributed by atoms with van der Waals surface area (Å²) in [5.41, 5.74) is 2.70. The molecule has 0 saturated carbocycles. The molecule has 1 aromatic heterocycles. The second-order valence-electron chi connectivity index (χ2n) is 4.63. The molecule has 2 N–H and O–H groups in total. The third kappa shape index (κ3) is 3.01. The number of hydrogen-bond acceptors (Lipinski definition) is 2. The molecule has 0 spiro atoms. The molecule has 5 heteroatoms. The molecule has 0 radical (unpaired) electrons. The van der Waals surface area contributed by atoms with Crippen molar-refractivity contribution in [1.82, 2.24) is 9.55 Å². The lowest BCUT2D eigenvalue weighted by Gasteiger charge is -2.09. The first-order chi connectivity index (χ1) is 10.2. The first kappa shape index (κ1) is 13.5. The number of imidazole rings is 1. The van der Waals surface area contributed by atoms with Gasteiger partial charge in [-0.3, -0.25) is 4.57 Å². The van der Waals surface area contributed by atoms with Gasteiger partial charge < -0.3 is 10.3 Å². The van der Waals surface area contributed by atoms with Gasteiger partial charge in [-0.25, -0.2) is 4.79 Å². The lowest BCUT2D eigenvalue weighted by Crippen LogP contribution is -2.13. The Kier molecular flexibility index (Phi) is 3.79. The van der Waals surface area contributed by atoms with Gasteiger partial charge in [0.1, 0.15) is 0 Å². The largest absolute Gasteiger partial charge is 0.381 e. The van der Waals surface area contributed by atoms with Crippen LogP contribution in [0.15, 0.2) is 65.7 Å². The quantitative estimate of drug-likeness (QED) is 0.775. The topological polar surface area (TPSA) is 49.8 Å². The maximum Gasteiger partial charge on any atom is 0.330 e. The van der Waals surface area contributed by atoms with Crippen LogP contribution in [0.2, 0.25) is 5.02 Å². The Hall–Kier alpha value is -2.46. The van der Waals surface area contributed by atoms with Gasteiger partial charge in [0, 0.05) is 29.6 Å². The van der Waals surface area contributed by atoms with Gasteiger partial charge in [0.05, 0.1) is 5.69 Å². The molecular weight excluding hydrogens is 286 g/mol. The van der Waals surface area contributed by atoms with Crippen LogP contribution in [0.25, 0.3) is 5.69 Å². The van der Waals surface area contributed by atoms with Gasteiger partial charge in [-0.05, 0) is 35.9 Å². The number of anilines is 1. The summed E-state index contributed by atoms with van der Waals surface area (Å²) in [6.07, 6.45) is 3.32. The van der Waals surface area contributed by atoms with Crippen molar-refractivity contribution in [2.75, 3.05) is 5.32 Å². The van der Waals surface area contributed by atoms with E-state index in [0.29, 0.717) is 6.54 Å². The van der Waals surface area contributed by atoms with Crippen molar-refractivity contribution >= 4 is 17.3 Å². The highest BCUT2D eigenvalue weighted by Gasteiger charge is 2.01. The smallest absolute Gasteiger partial charge is 0.330 e. The number of nitrogens with one attached hydrogen (secondary N) is 2. The van der Waals surface area contributed by atoms with Crippen molar-refractivity contribution in [1.29, 1.82) is 0 Å². The number of benzene rings is 2. The normalized spacial score (nSPS) is 10.5. The number of nitrogens with zero attached hydrogens (tertiary/aromatic N) is 1. The Morgan fingerprint density at radius 3 is 2.52 bits per heavy atom. The molecule has 0 aliphatic carbocycles. The highest BCUT2D eigenvalue weighted by molar-refractivity contribution is 6.31. The highest BCUT2D eigenvalue weighted by atomic mass is 35.5. The molecule has 0 aliphatic rings. The average Bonchev–Trinajstić information content (AvgIpc) is 2.93. The number of hydrogen-bond donors (Lipinski definition) is 2. The van der Waals surface area contributed by atoms with E-state index in [1.165, 1.54) is 0 Å². The van der Waals surface area contributed by atoms with Crippen LogP contribution < -0.4 is 11.0 Å². The molecule has 0 unspecified atom stereocenters. The number of halogens is 1. The molecule has 2 aromatic carbocycles. The summed E-state index contributed by atoms with van der Waals surface area (Å²) in [4.78, 5) is 14.1. The minimum absolute atomic E-state index is 0.147. The zero-order chi connectivity index (χ0) is 14.7. The molecule has 0 fully saturated rings. The lowest BCUT2D eigenvalue weighted by molar-refractivity contribution is 0.987. The summed E-state index contributed by atoms with van der Waals surface area (Å²) in [7, 11) is 0. The van der Waals surface area contributed by atoms with Gasteiger partial charge in [-0.15, -0.1) is 0 Å². The minimum atomic E-state index is -0.147. The van der Waals surface area contributed by atoms with Crippen LogP contribution >= 0.6 is 11.6 Å². The molecule has 0 bridgehead atoms. The Morgan fingerprint density at radius 2 is 1.86 bits per heavy atom. The Labute approximate surface area is 127 Å². The Morgan fingerprint density at radius 1 is 1.10 bits per heavy atom. The van der Waals surface area contributed by atoms with Crippen LogP contribution in [0.4, 0.5) is 5.69 Å². The highest BCUT2D eigenvalue weighted by Crippen LogP contribution is 2.17. The zero-order valence-corrected chi connectivity index (χ0v) is 12.0. The van der Waals surface area contributed by atoms with Gasteiger partial charge in [-0.1, -0.05) is 29.8 Å². The van der Waals surface area contributed by atoms with Crippen molar-refractivity contribution < 1.29 is 0 Å². The van der Waals surface area contributed by atoms with Gasteiger partial charge >= 0.3 is 5.69 Å². The van der Waals surface area contributed by atoms with Gasteiger partial charge in [0.25, 0.3) is 0 Å². The maximum atomic E-state index is 11.5. The van der Waals surface area contributed by atoms with E-state index in [9.17, 15) is 4.79 Å². The molecule has 1 heterocycles. The fourth-order valence-electron chi connectivity index (χ4n) is 2.10. The van der Waals surface area contributed by atoms with Crippen LogP contribution in [0.1, 0.15) is 5.56 Å². The van der Waals surface area contributed by atoms with Gasteiger partial charge in [0.15, 0.2) is 0 Å². The van der Waals surface area contributed by atoms with Gasteiger partial charge in [0.2, 0.25) is 0 Å². The Bertz CT molecular complexity index is 790. The van der Waals surface area contributed by atoms with Crippen LogP contribution in [-0.4, -0.2) is 9.55 Å². The van der Waals surface area contributed by atoms with E-state index in [2.05, 4.69) is 10.3 Å². The summed E-state index contributed by atoms with van der Waals surface area (Å²) < 4.78 is 1.55. The van der Waals surface area contributed by atoms with E-state index in [1.807, 2.05) is 48.5 Å². The maximum absolute atomic E-state index is 11.5. The number of H-pyrrole nitrogens is 1. The molecule has 0 amide bonds. The average molecular weight is 300 g/mol. The fraction of sp³-hybridized carbons (Fsp3) is 0.0625. The van der Waals surface area contributed by atoms with Crippen molar-refractivity contribution in [3.63, 3.8) is 0 Å². The summed E-state index contributed by atoms with van der Waals surface area (Å²) in [6.45, 7) is 0.656. The third-order valence-electron chi connectivity index (χ3n) is 3.24. The van der Waals surface area contributed by atoms with E-state index >= 15 is 0 Å². The number of aromatic nitrogens is 2. The van der Waals surface area contributed by atoms with Crippen LogP contribution in [0, 0.1) is 0 Å². The molecule has 106 valence electrons. The minimum Gasteiger partial charge on any atom is -0.381 e. The standard InChI is InChI=1S/C16H14ClN3O/c17-15-4-2-1-3-12(15)11-19-13-5-7-14(8-6-13)20-10-9-18-16(20)21/h1-10,19H,11H2,(H,18,21). The predicted octanol–water partition coefficient (Wildman–Crippen LogP) is 3.43. The number of rotatable bonds is 4. The summed E-state index contributed by atoms with van der Waals surface area (Å²) >= 11 is 6.12. The summed E-state index contributed by atoms with van der Waals surface area (Å²) in [5, 5.41) is 4.06. The molecule has 0 atom stereocenters. The fourth-order valence-corrected chi connectivity index (χ4v) is 2.31. The van der Waals surface area contributed by atoms with E-state index in [1.54, 1.807) is 17.0 Å². The van der Waals surface area contributed by atoms with Crippen LogP contribution in [0.5, 0.6) is 0 Å². The second-order valence-corrected chi connectivity index (χ2v) is 5.03. The van der Waals surface area contributed by atoms with E-state index in [0.717, 1.165) is 22.0 Å². The number of aromatic amines is 1. The molecule has 0 aliphatic heterocycles. The molecule has 3 aromatic rings. The molecular formula is C16H14ClN3O. The van der Waals surface area contributed by atoms with Crippen LogP contribution in [0.3, 0.4) is 0 Å². The van der Waals surface area contributed by atoms with E-state index in [4.69, 9.17) is 11.6 Å². The third-order valence-corrected chi connectivity index (χ3v) is 3.60. The van der Waals surface area contributed by atoms with Crippen molar-refractivity contribution in [2.24, 2.45) is 0 Å². The monoisotopic (exact) mass is 299 g/mol. The molecule has 0 saturated heterocycles. The summed E-state index contributed by atoms with van der Waals surface area (Å²) in [5.74, 6) is 0. The van der Waals surface area contributed by atoms with Gasteiger partial charge in [-0.2, -0.15) is 0 Å². The SMILES string of the molecule is O=c1[nH]ccn1-c1ccc(NCc2ccccc2Cl)cc1. The zero-order valence-electron chi connectivity index (χ0n) is 11.2.